The zero-order valence-corrected chi connectivity index (χ0v) is 15.7. The molecule has 1 aromatic carbocycles. The zero-order chi connectivity index (χ0) is 18.7. The minimum atomic E-state index is -3.22. The van der Waals surface area contributed by atoms with E-state index in [9.17, 15) is 13.2 Å². The lowest BCUT2D eigenvalue weighted by atomic mass is 10.0. The molecule has 0 bridgehead atoms. The maximum atomic E-state index is 12.5. The van der Waals surface area contributed by atoms with Crippen molar-refractivity contribution in [3.8, 4) is 5.75 Å². The van der Waals surface area contributed by atoms with Crippen LogP contribution in [0.25, 0.3) is 0 Å². The largest absolute Gasteiger partial charge is 0.491 e. The first kappa shape index (κ1) is 18.9. The van der Waals surface area contributed by atoms with Crippen molar-refractivity contribution in [1.82, 2.24) is 4.90 Å². The molecule has 8 nitrogen and oxygen atoms in total. The normalized spacial score (nSPS) is 26.5. The fourth-order valence-corrected chi connectivity index (χ4v) is 5.82. The van der Waals surface area contributed by atoms with Crippen molar-refractivity contribution in [3.63, 3.8) is 0 Å². The maximum absolute atomic E-state index is 12.5. The van der Waals surface area contributed by atoms with Crippen LogP contribution in [0.15, 0.2) is 24.3 Å². The molecule has 26 heavy (non-hydrogen) atoms. The number of carbonyl (C=O) groups is 1. The summed E-state index contributed by atoms with van der Waals surface area (Å²) in [6.45, 7) is 1.46. The van der Waals surface area contributed by atoms with Crippen LogP contribution in [0, 0.1) is 5.92 Å². The summed E-state index contributed by atoms with van der Waals surface area (Å²) < 4.78 is 40.3. The molecule has 9 heteroatoms. The van der Waals surface area contributed by atoms with Crippen LogP contribution in [0.3, 0.4) is 0 Å². The maximum Gasteiger partial charge on any atom is 0.321 e. The number of hydrogen-bond acceptors (Lipinski definition) is 6. The van der Waals surface area contributed by atoms with Crippen molar-refractivity contribution in [3.05, 3.63) is 24.3 Å². The fraction of sp³-hybridized carbons (Fsp3) is 0.588. The number of amides is 2. The molecule has 0 aromatic heterocycles. The Kier molecular flexibility index (Phi) is 5.69. The van der Waals surface area contributed by atoms with Crippen molar-refractivity contribution in [2.75, 3.05) is 51.6 Å². The minimum absolute atomic E-state index is 0.0369. The van der Waals surface area contributed by atoms with E-state index in [4.69, 9.17) is 14.2 Å². The Hall–Kier alpha value is -1.84. The van der Waals surface area contributed by atoms with Gasteiger partial charge in [-0.05, 0) is 12.1 Å². The van der Waals surface area contributed by atoms with Crippen LogP contribution in [0.5, 0.6) is 5.75 Å². The third-order valence-electron chi connectivity index (χ3n) is 4.88. The number of fused-ring (bicyclic) bond motifs is 1. The lowest BCUT2D eigenvalue weighted by Gasteiger charge is -2.20. The third-order valence-corrected chi connectivity index (χ3v) is 7.09. The zero-order valence-electron chi connectivity index (χ0n) is 14.9. The standard InChI is InChI=1S/C17H24N2O6S/c1-23-6-7-25-13-5-3-4-12(8-13)18-17(20)19-9-14-15(24-2)11-26(21,22)16(14)10-19/h3-5,8,14-16H,6-7,9-11H2,1-2H3,(H,18,20)/t14-,15+,16-/m1/s1. The summed E-state index contributed by atoms with van der Waals surface area (Å²) in [4.78, 5) is 14.1. The van der Waals surface area contributed by atoms with Gasteiger partial charge in [-0.15, -0.1) is 0 Å². The van der Waals surface area contributed by atoms with Gasteiger partial charge < -0.3 is 24.4 Å². The van der Waals surface area contributed by atoms with Crippen molar-refractivity contribution in [2.24, 2.45) is 5.92 Å². The molecule has 2 fully saturated rings. The molecule has 0 radical (unpaired) electrons. The number of carbonyl (C=O) groups excluding carboxylic acids is 1. The first-order chi connectivity index (χ1) is 12.4. The summed E-state index contributed by atoms with van der Waals surface area (Å²) in [6.07, 6.45) is -0.347. The van der Waals surface area contributed by atoms with E-state index < -0.39 is 15.1 Å². The Morgan fingerprint density at radius 1 is 1.27 bits per heavy atom. The van der Waals surface area contributed by atoms with E-state index in [-0.39, 0.29) is 30.4 Å². The average molecular weight is 384 g/mol. The number of hydrogen-bond donors (Lipinski definition) is 1. The van der Waals surface area contributed by atoms with E-state index in [1.165, 1.54) is 12.0 Å². The molecule has 3 rings (SSSR count). The monoisotopic (exact) mass is 384 g/mol. The van der Waals surface area contributed by atoms with Crippen LogP contribution >= 0.6 is 0 Å². The van der Waals surface area contributed by atoms with E-state index in [2.05, 4.69) is 5.32 Å². The van der Waals surface area contributed by atoms with Crippen LogP contribution in [-0.2, 0) is 19.3 Å². The SMILES string of the molecule is COCCOc1cccc(NC(=O)N2C[C@@H]3[C@@H](OC)CS(=O)(=O)[C@@H]3C2)c1. The van der Waals surface area contributed by atoms with Crippen LogP contribution in [0.1, 0.15) is 0 Å². The van der Waals surface area contributed by atoms with Crippen LogP contribution in [0.4, 0.5) is 10.5 Å². The highest BCUT2D eigenvalue weighted by atomic mass is 32.2. The quantitative estimate of drug-likeness (QED) is 0.735. The van der Waals surface area contributed by atoms with Gasteiger partial charge in [-0.3, -0.25) is 0 Å². The Balaban J connectivity index is 1.62. The van der Waals surface area contributed by atoms with Crippen LogP contribution < -0.4 is 10.1 Å². The number of nitrogens with zero attached hydrogens (tertiary/aromatic N) is 1. The number of likely N-dealkylation sites (tertiary alicyclic amines) is 1. The number of anilines is 1. The fourth-order valence-electron chi connectivity index (χ4n) is 3.53. The highest BCUT2D eigenvalue weighted by Crippen LogP contribution is 2.35. The van der Waals surface area contributed by atoms with Gasteiger partial charge in [0.15, 0.2) is 9.84 Å². The molecule has 0 spiro atoms. The van der Waals surface area contributed by atoms with Crippen molar-refractivity contribution in [2.45, 2.75) is 11.4 Å². The van der Waals surface area contributed by atoms with Gasteiger partial charge in [0.25, 0.3) is 0 Å². The predicted octanol–water partition coefficient (Wildman–Crippen LogP) is 0.988. The third kappa shape index (κ3) is 3.94. The Morgan fingerprint density at radius 3 is 2.81 bits per heavy atom. The molecule has 2 amide bonds. The van der Waals surface area contributed by atoms with E-state index in [0.717, 1.165) is 0 Å². The second-order valence-corrected chi connectivity index (χ2v) is 8.77. The highest BCUT2D eigenvalue weighted by molar-refractivity contribution is 7.92. The summed E-state index contributed by atoms with van der Waals surface area (Å²) in [5, 5.41) is 2.26. The van der Waals surface area contributed by atoms with E-state index in [1.54, 1.807) is 31.4 Å². The average Bonchev–Trinajstić information content (AvgIpc) is 3.15. The number of ether oxygens (including phenoxy) is 3. The van der Waals surface area contributed by atoms with Crippen molar-refractivity contribution in [1.29, 1.82) is 0 Å². The Morgan fingerprint density at radius 2 is 2.08 bits per heavy atom. The molecule has 0 unspecified atom stereocenters. The molecular formula is C17H24N2O6S. The first-order valence-electron chi connectivity index (χ1n) is 8.46. The lowest BCUT2D eigenvalue weighted by molar-refractivity contribution is 0.0825. The molecule has 2 heterocycles. The summed E-state index contributed by atoms with van der Waals surface area (Å²) in [6, 6.07) is 6.73. The Labute approximate surface area is 153 Å². The van der Waals surface area contributed by atoms with Gasteiger partial charge >= 0.3 is 6.03 Å². The van der Waals surface area contributed by atoms with Gasteiger partial charge in [0.05, 0.1) is 23.7 Å². The summed E-state index contributed by atoms with van der Waals surface area (Å²) in [5.41, 5.74) is 0.591. The van der Waals surface area contributed by atoms with Gasteiger partial charge in [-0.2, -0.15) is 0 Å². The molecule has 144 valence electrons. The summed E-state index contributed by atoms with van der Waals surface area (Å²) >= 11 is 0. The van der Waals surface area contributed by atoms with Gasteiger partial charge in [0.2, 0.25) is 0 Å². The molecule has 0 aliphatic carbocycles. The number of urea groups is 1. The second-order valence-electron chi connectivity index (χ2n) is 6.51. The predicted molar refractivity (Wildman–Crippen MR) is 96.3 cm³/mol. The molecule has 0 saturated carbocycles. The molecule has 1 N–H and O–H groups in total. The smallest absolute Gasteiger partial charge is 0.321 e. The molecule has 2 saturated heterocycles. The molecule has 2 aliphatic heterocycles. The summed E-state index contributed by atoms with van der Waals surface area (Å²) in [7, 11) is -0.111. The van der Waals surface area contributed by atoms with Gasteiger partial charge in [0.1, 0.15) is 12.4 Å². The van der Waals surface area contributed by atoms with Crippen LogP contribution in [0.2, 0.25) is 0 Å². The van der Waals surface area contributed by atoms with E-state index in [0.29, 0.717) is 31.2 Å². The minimum Gasteiger partial charge on any atom is -0.491 e. The van der Waals surface area contributed by atoms with Gasteiger partial charge in [0, 0.05) is 45.0 Å². The molecule has 3 atom stereocenters. The summed E-state index contributed by atoms with van der Waals surface area (Å²) in [5.74, 6) is 0.495. The molecule has 2 aliphatic rings. The number of benzene rings is 1. The molecule has 1 aromatic rings. The van der Waals surface area contributed by atoms with E-state index in [1.807, 2.05) is 0 Å². The number of rotatable bonds is 6. The lowest BCUT2D eigenvalue weighted by Crippen LogP contribution is -2.36. The number of nitrogens with one attached hydrogen (secondary N) is 1. The van der Waals surface area contributed by atoms with Gasteiger partial charge in [-0.1, -0.05) is 6.07 Å². The van der Waals surface area contributed by atoms with Crippen LogP contribution in [-0.4, -0.2) is 77.0 Å². The second kappa shape index (κ2) is 7.81. The topological polar surface area (TPSA) is 94.2 Å². The number of methoxy groups -OCH3 is 2. The van der Waals surface area contributed by atoms with Crippen molar-refractivity contribution < 1.29 is 27.4 Å². The Bertz CT molecular complexity index is 753. The van der Waals surface area contributed by atoms with Crippen molar-refractivity contribution >= 4 is 21.6 Å². The highest BCUT2D eigenvalue weighted by Gasteiger charge is 2.53. The number of sulfone groups is 1. The van der Waals surface area contributed by atoms with E-state index >= 15 is 0 Å². The first-order valence-corrected chi connectivity index (χ1v) is 10.2. The van der Waals surface area contributed by atoms with Gasteiger partial charge in [-0.25, -0.2) is 13.2 Å². The molecular weight excluding hydrogens is 360 g/mol.